The topological polar surface area (TPSA) is 106 Å². The zero-order valence-corrected chi connectivity index (χ0v) is 34.4. The van der Waals surface area contributed by atoms with Gasteiger partial charge in [-0.05, 0) is 115 Å². The molecule has 3 aromatic heterocycles. The third-order valence-electron chi connectivity index (χ3n) is 11.0. The maximum absolute atomic E-state index is 5.28. The largest absolute Gasteiger partial charge is 2.00 e. The standard InChI is InChI=1S/C40H24N8S4.Zn/c1-17-9-49-10-18(17)2-26-25(1)33-41-34(26)46-36-29-5-21-13-51-14-22(21)6-30(29)38(43-36)48-40-32-8-24-16-52-15-23(24)7-31(32)39(44-40)47-37-28-4-20-12-50-11-19(20)3-27(28)35(42-37)45-33;/h1-8H,9-16H2;/q-2;+2. The minimum absolute atomic E-state index is 0. The summed E-state index contributed by atoms with van der Waals surface area (Å²) in [5.74, 6) is 10.4. The summed E-state index contributed by atoms with van der Waals surface area (Å²) in [5.41, 5.74) is 17.2. The fourth-order valence-electron chi connectivity index (χ4n) is 8.36. The molecule has 8 nitrogen and oxygen atoms in total. The second-order valence-corrected chi connectivity index (χ2v) is 18.1. The van der Waals surface area contributed by atoms with Crippen molar-refractivity contribution >= 4 is 91.2 Å². The monoisotopic (exact) mass is 808 g/mol. The predicted octanol–water partition coefficient (Wildman–Crippen LogP) is 9.11. The van der Waals surface area contributed by atoms with Crippen LogP contribution in [0, 0.1) is 0 Å². The Labute approximate surface area is 332 Å². The molecule has 7 aromatic rings. The summed E-state index contributed by atoms with van der Waals surface area (Å²) in [4.78, 5) is 41.8. The number of rotatable bonds is 0. The quantitative estimate of drug-likeness (QED) is 0.137. The normalized spacial score (nSPS) is 16.0. The molecule has 0 fully saturated rings. The maximum Gasteiger partial charge on any atom is 2.00 e. The van der Waals surface area contributed by atoms with Crippen molar-refractivity contribution in [3.8, 4) is 45.6 Å². The first kappa shape index (κ1) is 31.6. The van der Waals surface area contributed by atoms with Crippen LogP contribution in [0.4, 0.5) is 0 Å². The molecule has 13 rings (SSSR count). The first-order chi connectivity index (χ1) is 25.7. The Balaban J connectivity index is 0.00000315. The molecule has 6 aliphatic heterocycles. The van der Waals surface area contributed by atoms with Crippen molar-refractivity contribution in [2.45, 2.75) is 46.0 Å². The molecular weight excluding hydrogens is 786 g/mol. The van der Waals surface area contributed by atoms with Crippen LogP contribution in [-0.4, -0.2) is 29.9 Å². The Bertz CT molecular complexity index is 2620. The van der Waals surface area contributed by atoms with Crippen LogP contribution in [0.5, 0.6) is 0 Å². The number of hydrogen-bond acceptors (Lipinski definition) is 10. The van der Waals surface area contributed by atoms with Crippen molar-refractivity contribution in [2.24, 2.45) is 0 Å². The number of benzene rings is 4. The maximum atomic E-state index is 5.28. The molecule has 0 atom stereocenters. The van der Waals surface area contributed by atoms with Crippen LogP contribution < -0.4 is 9.97 Å². The van der Waals surface area contributed by atoms with Crippen molar-refractivity contribution in [1.29, 1.82) is 0 Å². The summed E-state index contributed by atoms with van der Waals surface area (Å²) in [6.07, 6.45) is 0. The van der Waals surface area contributed by atoms with Gasteiger partial charge in [0.2, 0.25) is 0 Å². The summed E-state index contributed by atoms with van der Waals surface area (Å²) in [6.45, 7) is 0. The van der Waals surface area contributed by atoms with Gasteiger partial charge in [-0.15, -0.1) is 0 Å². The van der Waals surface area contributed by atoms with Crippen LogP contribution in [0.15, 0.2) is 48.5 Å². The van der Waals surface area contributed by atoms with Gasteiger partial charge in [-0.3, -0.25) is 0 Å². The van der Waals surface area contributed by atoms with E-state index in [0.717, 1.165) is 89.8 Å². The van der Waals surface area contributed by atoms with Gasteiger partial charge in [0.05, 0.1) is 23.3 Å². The molecule has 0 saturated heterocycles. The minimum Gasteiger partial charge on any atom is -0.357 e. The summed E-state index contributed by atoms with van der Waals surface area (Å²) in [7, 11) is 0. The Morgan fingerprint density at radius 1 is 0.321 bits per heavy atom. The van der Waals surface area contributed by atoms with Crippen LogP contribution in [0.2, 0.25) is 0 Å². The zero-order valence-electron chi connectivity index (χ0n) is 28.2. The van der Waals surface area contributed by atoms with Gasteiger partial charge >= 0.3 is 19.5 Å². The molecule has 250 valence electrons. The Morgan fingerprint density at radius 2 is 0.547 bits per heavy atom. The van der Waals surface area contributed by atoms with Crippen LogP contribution in [0.25, 0.3) is 89.7 Å². The summed E-state index contributed by atoms with van der Waals surface area (Å²) in [6, 6.07) is 18.2. The molecule has 0 spiro atoms. The van der Waals surface area contributed by atoms with E-state index in [0.29, 0.717) is 45.9 Å². The van der Waals surface area contributed by atoms with E-state index in [2.05, 4.69) is 48.5 Å². The number of thioether (sulfide) groups is 4. The molecule has 0 radical (unpaired) electrons. The van der Waals surface area contributed by atoms with Crippen LogP contribution in [0.3, 0.4) is 0 Å². The summed E-state index contributed by atoms with van der Waals surface area (Å²) < 4.78 is 0. The summed E-state index contributed by atoms with van der Waals surface area (Å²) in [5, 5.41) is 3.98. The Morgan fingerprint density at radius 3 is 0.792 bits per heavy atom. The second-order valence-electron chi connectivity index (χ2n) is 14.1. The number of fused-ring (bicyclic) bond motifs is 24. The Hall–Kier alpha value is -3.74. The van der Waals surface area contributed by atoms with Gasteiger partial charge < -0.3 is 29.9 Å². The molecule has 0 saturated carbocycles. The van der Waals surface area contributed by atoms with Crippen molar-refractivity contribution in [3.05, 3.63) is 93.0 Å². The van der Waals surface area contributed by atoms with E-state index in [1.807, 2.05) is 47.0 Å². The van der Waals surface area contributed by atoms with Crippen molar-refractivity contribution in [2.75, 3.05) is 0 Å². The van der Waals surface area contributed by atoms with Crippen LogP contribution >= 0.6 is 47.0 Å². The van der Waals surface area contributed by atoms with Gasteiger partial charge in [-0.25, -0.2) is 9.97 Å². The van der Waals surface area contributed by atoms with Crippen LogP contribution in [-0.2, 0) is 65.5 Å². The van der Waals surface area contributed by atoms with E-state index in [9.17, 15) is 0 Å². The molecule has 6 aliphatic rings. The smallest absolute Gasteiger partial charge is 0.357 e. The van der Waals surface area contributed by atoms with Gasteiger partial charge in [0.1, 0.15) is 0 Å². The minimum atomic E-state index is 0. The SMILES string of the molecule is [Zn+2].c1c2c(cc3c1-c1nc-3nc3[n-]c(nc4nc(nc5[n-]c(n1)c1cc6c(cc51)CSC6)-c1cc5c(cc1-4)CSC5)c1cc4c(cc31)CSC4)CSC2. The fourth-order valence-corrected chi connectivity index (χ4v) is 12.7. The number of aromatic nitrogens is 8. The molecule has 53 heavy (non-hydrogen) atoms. The molecule has 0 unspecified atom stereocenters. The first-order valence-corrected chi connectivity index (χ1v) is 22.0. The van der Waals surface area contributed by atoms with Crippen LogP contribution in [0.1, 0.15) is 44.5 Å². The van der Waals surface area contributed by atoms with E-state index >= 15 is 0 Å². The van der Waals surface area contributed by atoms with Crippen molar-refractivity contribution < 1.29 is 19.5 Å². The molecule has 8 bridgehead atoms. The molecule has 0 amide bonds. The van der Waals surface area contributed by atoms with Gasteiger partial charge in [-0.2, -0.15) is 47.0 Å². The van der Waals surface area contributed by atoms with E-state index < -0.39 is 0 Å². The fraction of sp³-hybridized carbons (Fsp3) is 0.200. The third-order valence-corrected chi connectivity index (χ3v) is 15.2. The van der Waals surface area contributed by atoms with Crippen molar-refractivity contribution in [1.82, 2.24) is 39.9 Å². The number of nitrogens with zero attached hydrogens (tertiary/aromatic N) is 8. The van der Waals surface area contributed by atoms with Crippen molar-refractivity contribution in [3.63, 3.8) is 0 Å². The molecule has 13 heteroatoms. The Kier molecular flexibility index (Phi) is 6.94. The van der Waals surface area contributed by atoms with E-state index in [1.165, 1.54) is 44.5 Å². The second kappa shape index (κ2) is 11.6. The average Bonchev–Trinajstić information content (AvgIpc) is 4.01. The molecule has 9 heterocycles. The molecule has 0 aliphatic carbocycles. The third kappa shape index (κ3) is 4.70. The van der Waals surface area contributed by atoms with E-state index in [-0.39, 0.29) is 19.5 Å². The van der Waals surface area contributed by atoms with Gasteiger partial charge in [-0.1, -0.05) is 0 Å². The average molecular weight is 810 g/mol. The number of hydrogen-bond donors (Lipinski definition) is 0. The van der Waals surface area contributed by atoms with E-state index in [1.54, 1.807) is 0 Å². The summed E-state index contributed by atoms with van der Waals surface area (Å²) >= 11 is 7.77. The first-order valence-electron chi connectivity index (χ1n) is 17.3. The van der Waals surface area contributed by atoms with E-state index in [4.69, 9.17) is 39.9 Å². The predicted molar refractivity (Wildman–Crippen MR) is 214 cm³/mol. The zero-order chi connectivity index (χ0) is 33.7. The molecular formula is C40H24N8S4Zn. The van der Waals surface area contributed by atoms with Gasteiger partial charge in [0, 0.05) is 90.9 Å². The molecule has 0 N–H and O–H groups in total. The van der Waals surface area contributed by atoms with Gasteiger partial charge in [0.15, 0.2) is 0 Å². The van der Waals surface area contributed by atoms with Gasteiger partial charge in [0.25, 0.3) is 0 Å². The molecule has 4 aromatic carbocycles.